The SMILES string of the molecule is CN(C)c1ccc(C(=O)Nc2cccc(Cl)n2)cc1. The summed E-state index contributed by atoms with van der Waals surface area (Å²) in [5, 5.41) is 3.05. The summed E-state index contributed by atoms with van der Waals surface area (Å²) in [6, 6.07) is 12.4. The second-order valence-corrected chi connectivity index (χ2v) is 4.63. The third-order valence-electron chi connectivity index (χ3n) is 2.60. The molecule has 0 fully saturated rings. The average molecular weight is 276 g/mol. The van der Waals surface area contributed by atoms with E-state index in [4.69, 9.17) is 11.6 Å². The van der Waals surface area contributed by atoms with Crippen LogP contribution in [-0.2, 0) is 0 Å². The fourth-order valence-electron chi connectivity index (χ4n) is 1.58. The Morgan fingerprint density at radius 3 is 2.42 bits per heavy atom. The Kier molecular flexibility index (Phi) is 4.02. The first-order chi connectivity index (χ1) is 9.06. The van der Waals surface area contributed by atoms with E-state index in [1.165, 1.54) is 0 Å². The number of amides is 1. The largest absolute Gasteiger partial charge is 0.378 e. The van der Waals surface area contributed by atoms with Crippen LogP contribution < -0.4 is 10.2 Å². The van der Waals surface area contributed by atoms with Crippen molar-refractivity contribution in [1.82, 2.24) is 4.98 Å². The summed E-state index contributed by atoms with van der Waals surface area (Å²) in [7, 11) is 3.90. The van der Waals surface area contributed by atoms with E-state index in [0.717, 1.165) is 5.69 Å². The molecule has 0 spiro atoms. The number of pyridine rings is 1. The van der Waals surface area contributed by atoms with Gasteiger partial charge in [-0.15, -0.1) is 0 Å². The van der Waals surface area contributed by atoms with Gasteiger partial charge in [0.05, 0.1) is 0 Å². The highest BCUT2D eigenvalue weighted by atomic mass is 35.5. The van der Waals surface area contributed by atoms with E-state index in [1.807, 2.05) is 31.1 Å². The van der Waals surface area contributed by atoms with Crippen molar-refractivity contribution in [3.63, 3.8) is 0 Å². The van der Waals surface area contributed by atoms with Crippen molar-refractivity contribution in [2.45, 2.75) is 0 Å². The van der Waals surface area contributed by atoms with Crippen molar-refractivity contribution >= 4 is 29.0 Å². The van der Waals surface area contributed by atoms with Crippen LogP contribution in [0.25, 0.3) is 0 Å². The Morgan fingerprint density at radius 2 is 1.84 bits per heavy atom. The number of rotatable bonds is 3. The van der Waals surface area contributed by atoms with Crippen molar-refractivity contribution in [2.24, 2.45) is 0 Å². The van der Waals surface area contributed by atoms with E-state index < -0.39 is 0 Å². The highest BCUT2D eigenvalue weighted by Gasteiger charge is 2.07. The molecule has 1 aromatic carbocycles. The normalized spacial score (nSPS) is 10.1. The Bertz CT molecular complexity index is 581. The first-order valence-corrected chi connectivity index (χ1v) is 6.15. The van der Waals surface area contributed by atoms with Gasteiger partial charge in [-0.2, -0.15) is 0 Å². The van der Waals surface area contributed by atoms with Crippen LogP contribution in [-0.4, -0.2) is 25.0 Å². The lowest BCUT2D eigenvalue weighted by atomic mass is 10.2. The number of anilines is 2. The first-order valence-electron chi connectivity index (χ1n) is 5.77. The zero-order chi connectivity index (χ0) is 13.8. The van der Waals surface area contributed by atoms with E-state index in [-0.39, 0.29) is 5.91 Å². The third kappa shape index (κ3) is 3.45. The van der Waals surface area contributed by atoms with Gasteiger partial charge in [0.25, 0.3) is 5.91 Å². The zero-order valence-corrected chi connectivity index (χ0v) is 11.5. The molecule has 0 saturated carbocycles. The van der Waals surface area contributed by atoms with E-state index in [0.29, 0.717) is 16.5 Å². The lowest BCUT2D eigenvalue weighted by Crippen LogP contribution is -2.13. The number of benzene rings is 1. The molecule has 0 aliphatic carbocycles. The van der Waals surface area contributed by atoms with Crippen molar-refractivity contribution in [3.05, 3.63) is 53.2 Å². The summed E-state index contributed by atoms with van der Waals surface area (Å²) in [5.41, 5.74) is 1.62. The minimum Gasteiger partial charge on any atom is -0.378 e. The maximum atomic E-state index is 12.0. The molecule has 0 aliphatic rings. The summed E-state index contributed by atoms with van der Waals surface area (Å²) in [6.45, 7) is 0. The Hall–Kier alpha value is -2.07. The number of carbonyl (C=O) groups excluding carboxylic acids is 1. The second-order valence-electron chi connectivity index (χ2n) is 4.24. The van der Waals surface area contributed by atoms with Crippen LogP contribution >= 0.6 is 11.6 Å². The fourth-order valence-corrected chi connectivity index (χ4v) is 1.74. The topological polar surface area (TPSA) is 45.2 Å². The monoisotopic (exact) mass is 275 g/mol. The summed E-state index contributed by atoms with van der Waals surface area (Å²) in [5.74, 6) is 0.231. The van der Waals surface area contributed by atoms with Gasteiger partial charge in [0.15, 0.2) is 0 Å². The maximum Gasteiger partial charge on any atom is 0.256 e. The molecule has 0 bridgehead atoms. The maximum absolute atomic E-state index is 12.0. The molecule has 0 unspecified atom stereocenters. The van der Waals surface area contributed by atoms with E-state index in [9.17, 15) is 4.79 Å². The number of hydrogen-bond donors (Lipinski definition) is 1. The van der Waals surface area contributed by atoms with Crippen LogP contribution in [0.1, 0.15) is 10.4 Å². The van der Waals surface area contributed by atoms with Crippen molar-refractivity contribution in [1.29, 1.82) is 0 Å². The van der Waals surface area contributed by atoms with Gasteiger partial charge in [-0.25, -0.2) is 4.98 Å². The Morgan fingerprint density at radius 1 is 1.16 bits per heavy atom. The molecule has 2 rings (SSSR count). The molecule has 0 aliphatic heterocycles. The van der Waals surface area contributed by atoms with Crippen molar-refractivity contribution < 1.29 is 4.79 Å². The van der Waals surface area contributed by atoms with Crippen LogP contribution in [0.3, 0.4) is 0 Å². The average Bonchev–Trinajstić information content (AvgIpc) is 2.39. The van der Waals surface area contributed by atoms with Crippen LogP contribution in [0.15, 0.2) is 42.5 Å². The summed E-state index contributed by atoms with van der Waals surface area (Å²) < 4.78 is 0. The second kappa shape index (κ2) is 5.71. The van der Waals surface area contributed by atoms with Crippen molar-refractivity contribution in [3.8, 4) is 0 Å². The smallest absolute Gasteiger partial charge is 0.256 e. The van der Waals surface area contributed by atoms with Gasteiger partial charge >= 0.3 is 0 Å². The molecular weight excluding hydrogens is 262 g/mol. The third-order valence-corrected chi connectivity index (χ3v) is 2.81. The molecule has 2 aromatic rings. The number of carbonyl (C=O) groups is 1. The highest BCUT2D eigenvalue weighted by molar-refractivity contribution is 6.29. The minimum absolute atomic E-state index is 0.208. The van der Waals surface area contributed by atoms with Gasteiger partial charge in [-0.05, 0) is 36.4 Å². The lowest BCUT2D eigenvalue weighted by Gasteiger charge is -2.12. The van der Waals surface area contributed by atoms with Gasteiger partial charge in [-0.1, -0.05) is 17.7 Å². The number of nitrogens with one attached hydrogen (secondary N) is 1. The lowest BCUT2D eigenvalue weighted by molar-refractivity contribution is 0.102. The molecule has 1 heterocycles. The molecule has 5 heteroatoms. The standard InChI is InChI=1S/C14H14ClN3O/c1-18(2)11-8-6-10(7-9-11)14(19)17-13-5-3-4-12(15)16-13/h3-9H,1-2H3,(H,16,17,19). The molecule has 98 valence electrons. The van der Waals surface area contributed by atoms with Gasteiger partial charge in [0.1, 0.15) is 11.0 Å². The quantitative estimate of drug-likeness (QED) is 0.876. The number of nitrogens with zero attached hydrogens (tertiary/aromatic N) is 2. The van der Waals surface area contributed by atoms with Crippen LogP contribution in [0.5, 0.6) is 0 Å². The predicted octanol–water partition coefficient (Wildman–Crippen LogP) is 3.05. The molecule has 1 amide bonds. The molecule has 4 nitrogen and oxygen atoms in total. The van der Waals surface area contributed by atoms with Crippen LogP contribution in [0.4, 0.5) is 11.5 Å². The zero-order valence-electron chi connectivity index (χ0n) is 10.7. The molecule has 0 atom stereocenters. The van der Waals surface area contributed by atoms with Crippen molar-refractivity contribution in [2.75, 3.05) is 24.3 Å². The van der Waals surface area contributed by atoms with E-state index in [2.05, 4.69) is 10.3 Å². The van der Waals surface area contributed by atoms with Gasteiger partial charge in [-0.3, -0.25) is 4.79 Å². The number of halogens is 1. The highest BCUT2D eigenvalue weighted by Crippen LogP contribution is 2.14. The fraction of sp³-hybridized carbons (Fsp3) is 0.143. The summed E-state index contributed by atoms with van der Waals surface area (Å²) in [6.07, 6.45) is 0. The van der Waals surface area contributed by atoms with E-state index >= 15 is 0 Å². The molecule has 1 N–H and O–H groups in total. The number of aromatic nitrogens is 1. The minimum atomic E-state index is -0.208. The van der Waals surface area contributed by atoms with Gasteiger partial charge in [0.2, 0.25) is 0 Å². The van der Waals surface area contributed by atoms with E-state index in [1.54, 1.807) is 30.3 Å². The summed E-state index contributed by atoms with van der Waals surface area (Å²) >= 11 is 5.76. The predicted molar refractivity (Wildman–Crippen MR) is 78.0 cm³/mol. The molecule has 19 heavy (non-hydrogen) atoms. The first kappa shape index (κ1) is 13.4. The number of hydrogen-bond acceptors (Lipinski definition) is 3. The van der Waals surface area contributed by atoms with Crippen LogP contribution in [0, 0.1) is 0 Å². The Labute approximate surface area is 117 Å². The molecule has 0 saturated heterocycles. The van der Waals surface area contributed by atoms with Gasteiger partial charge < -0.3 is 10.2 Å². The van der Waals surface area contributed by atoms with Gasteiger partial charge in [0, 0.05) is 25.3 Å². The molecular formula is C14H14ClN3O. The molecule has 1 aromatic heterocycles. The van der Waals surface area contributed by atoms with Crippen LogP contribution in [0.2, 0.25) is 5.15 Å². The molecule has 0 radical (unpaired) electrons. The Balaban J connectivity index is 2.11. The summed E-state index contributed by atoms with van der Waals surface area (Å²) in [4.78, 5) is 18.0.